The molecule has 0 aliphatic carbocycles. The highest BCUT2D eigenvalue weighted by Crippen LogP contribution is 2.30. The fraction of sp³-hybridized carbons (Fsp3) is 0.0455. The number of aliphatic hydroxyl groups excluding tert-OH is 1. The number of benzene rings is 2. The van der Waals surface area contributed by atoms with Crippen LogP contribution in [-0.2, 0) is 6.61 Å². The zero-order valence-corrected chi connectivity index (χ0v) is 16.5. The first-order chi connectivity index (χ1) is 14.0. The Labute approximate surface area is 176 Å². The van der Waals surface area contributed by atoms with Gasteiger partial charge in [-0.2, -0.15) is 0 Å². The molecule has 0 aliphatic rings. The maximum atomic E-state index is 12.6. The van der Waals surface area contributed by atoms with Crippen LogP contribution in [0.5, 0.6) is 0 Å². The summed E-state index contributed by atoms with van der Waals surface area (Å²) in [7, 11) is 0. The van der Waals surface area contributed by atoms with Crippen LogP contribution < -0.4 is 5.32 Å². The number of aliphatic hydroxyl groups is 1. The van der Waals surface area contributed by atoms with Gasteiger partial charge in [-0.1, -0.05) is 35.3 Å². The molecule has 0 bridgehead atoms. The van der Waals surface area contributed by atoms with Crippen LogP contribution in [0.3, 0.4) is 0 Å². The van der Waals surface area contributed by atoms with Crippen LogP contribution in [0.1, 0.15) is 16.3 Å². The summed E-state index contributed by atoms with van der Waals surface area (Å²) in [6.07, 6.45) is 0. The number of halogens is 2. The first-order valence-corrected chi connectivity index (χ1v) is 9.46. The minimum absolute atomic E-state index is 0.164. The molecule has 0 radical (unpaired) electrons. The van der Waals surface area contributed by atoms with Gasteiger partial charge in [-0.05, 0) is 54.6 Å². The zero-order valence-electron chi connectivity index (χ0n) is 15.0. The Morgan fingerprint density at radius 3 is 2.38 bits per heavy atom. The van der Waals surface area contributed by atoms with Gasteiger partial charge in [0.25, 0.3) is 5.91 Å². The largest absolute Gasteiger partial charge is 0.459 e. The summed E-state index contributed by atoms with van der Waals surface area (Å²) < 4.78 is 11.2. The number of carbonyl (C=O) groups is 1. The summed E-state index contributed by atoms with van der Waals surface area (Å²) >= 11 is 12.0. The van der Waals surface area contributed by atoms with Gasteiger partial charge in [-0.15, -0.1) is 0 Å². The van der Waals surface area contributed by atoms with Gasteiger partial charge in [-0.25, -0.2) is 0 Å². The van der Waals surface area contributed by atoms with Gasteiger partial charge >= 0.3 is 0 Å². The Kier molecular flexibility index (Phi) is 5.45. The third kappa shape index (κ3) is 4.22. The molecule has 0 saturated carbocycles. The topological polar surface area (TPSA) is 75.6 Å². The first-order valence-electron chi connectivity index (χ1n) is 8.70. The van der Waals surface area contributed by atoms with Gasteiger partial charge in [0.05, 0.1) is 10.0 Å². The maximum absolute atomic E-state index is 12.6. The van der Waals surface area contributed by atoms with E-state index in [1.54, 1.807) is 60.7 Å². The smallest absolute Gasteiger partial charge is 0.291 e. The molecule has 0 aliphatic heterocycles. The van der Waals surface area contributed by atoms with Crippen LogP contribution in [0.15, 0.2) is 75.6 Å². The maximum Gasteiger partial charge on any atom is 0.291 e. The lowest BCUT2D eigenvalue weighted by Gasteiger charge is -2.05. The van der Waals surface area contributed by atoms with E-state index in [2.05, 4.69) is 5.32 Å². The number of carbonyl (C=O) groups excluding carboxylic acids is 1. The molecule has 5 nitrogen and oxygen atoms in total. The second-order valence-electron chi connectivity index (χ2n) is 6.25. The highest BCUT2D eigenvalue weighted by atomic mass is 35.5. The van der Waals surface area contributed by atoms with Gasteiger partial charge < -0.3 is 19.3 Å². The minimum atomic E-state index is -0.385. The first kappa shape index (κ1) is 19.3. The van der Waals surface area contributed by atoms with Crippen molar-refractivity contribution in [1.82, 2.24) is 0 Å². The van der Waals surface area contributed by atoms with E-state index in [0.717, 1.165) is 11.1 Å². The van der Waals surface area contributed by atoms with Crippen LogP contribution in [0.25, 0.3) is 22.6 Å². The molecule has 2 N–H and O–H groups in total. The molecule has 29 heavy (non-hydrogen) atoms. The zero-order chi connectivity index (χ0) is 20.4. The predicted molar refractivity (Wildman–Crippen MR) is 112 cm³/mol. The number of furan rings is 2. The summed E-state index contributed by atoms with van der Waals surface area (Å²) in [4.78, 5) is 12.6. The van der Waals surface area contributed by atoms with E-state index in [-0.39, 0.29) is 18.3 Å². The molecule has 146 valence electrons. The third-order valence-electron chi connectivity index (χ3n) is 4.26. The van der Waals surface area contributed by atoms with Gasteiger partial charge in [0, 0.05) is 16.8 Å². The van der Waals surface area contributed by atoms with Crippen molar-refractivity contribution in [2.75, 3.05) is 5.32 Å². The normalized spacial score (nSPS) is 10.9. The Bertz CT molecular complexity index is 1180. The molecular weight excluding hydrogens is 413 g/mol. The Morgan fingerprint density at radius 2 is 1.62 bits per heavy atom. The lowest BCUT2D eigenvalue weighted by molar-refractivity contribution is 0.0997. The second kappa shape index (κ2) is 8.17. The number of nitrogens with one attached hydrogen (secondary N) is 1. The molecule has 0 fully saturated rings. The van der Waals surface area contributed by atoms with E-state index in [4.69, 9.17) is 37.1 Å². The van der Waals surface area contributed by atoms with Crippen LogP contribution in [0, 0.1) is 0 Å². The van der Waals surface area contributed by atoms with Crippen LogP contribution >= 0.6 is 23.2 Å². The van der Waals surface area contributed by atoms with E-state index >= 15 is 0 Å². The highest BCUT2D eigenvalue weighted by Gasteiger charge is 2.14. The Balaban J connectivity index is 1.52. The van der Waals surface area contributed by atoms with Crippen molar-refractivity contribution >= 4 is 34.8 Å². The molecule has 0 atom stereocenters. The summed E-state index contributed by atoms with van der Waals surface area (Å²) in [5.41, 5.74) is 2.08. The van der Waals surface area contributed by atoms with Crippen molar-refractivity contribution in [2.24, 2.45) is 0 Å². The lowest BCUT2D eigenvalue weighted by atomic mass is 10.1. The highest BCUT2D eigenvalue weighted by molar-refractivity contribution is 6.42. The molecule has 2 heterocycles. The van der Waals surface area contributed by atoms with Crippen LogP contribution in [0.4, 0.5) is 5.69 Å². The average Bonchev–Trinajstić information content (AvgIpc) is 3.40. The predicted octanol–water partition coefficient (Wildman–Crippen LogP) is 6.26. The molecule has 0 saturated heterocycles. The second-order valence-corrected chi connectivity index (χ2v) is 7.07. The van der Waals surface area contributed by atoms with Crippen LogP contribution in [0.2, 0.25) is 10.0 Å². The monoisotopic (exact) mass is 427 g/mol. The van der Waals surface area contributed by atoms with Crippen molar-refractivity contribution in [3.8, 4) is 22.6 Å². The van der Waals surface area contributed by atoms with Gasteiger partial charge in [0.1, 0.15) is 23.9 Å². The van der Waals surface area contributed by atoms with Gasteiger partial charge in [-0.3, -0.25) is 4.79 Å². The standard InChI is InChI=1S/C22H15Cl2NO4/c23-17-6-4-14(11-18(17)24)20-8-9-21(29-20)22(27)25-15-3-1-2-13(10-15)19-7-5-16(12-26)28-19/h1-11,26H,12H2,(H,25,27). The Morgan fingerprint density at radius 1 is 0.862 bits per heavy atom. The van der Waals surface area contributed by atoms with Gasteiger partial charge in [0.2, 0.25) is 0 Å². The fourth-order valence-corrected chi connectivity index (χ4v) is 3.12. The number of hydrogen-bond acceptors (Lipinski definition) is 4. The molecule has 4 rings (SSSR count). The molecule has 0 spiro atoms. The van der Waals surface area contributed by atoms with E-state index in [1.807, 2.05) is 6.07 Å². The van der Waals surface area contributed by atoms with Crippen molar-refractivity contribution in [3.63, 3.8) is 0 Å². The summed E-state index contributed by atoms with van der Waals surface area (Å²) in [5, 5.41) is 12.8. The number of rotatable bonds is 5. The third-order valence-corrected chi connectivity index (χ3v) is 5.00. The molecule has 4 aromatic rings. The average molecular weight is 428 g/mol. The number of anilines is 1. The summed E-state index contributed by atoms with van der Waals surface area (Å²) in [6, 6.07) is 19.1. The number of hydrogen-bond donors (Lipinski definition) is 2. The van der Waals surface area contributed by atoms with Gasteiger partial charge in [0.15, 0.2) is 5.76 Å². The minimum Gasteiger partial charge on any atom is -0.459 e. The molecule has 7 heteroatoms. The number of amides is 1. The fourth-order valence-electron chi connectivity index (χ4n) is 2.83. The quantitative estimate of drug-likeness (QED) is 0.394. The molecule has 2 aromatic carbocycles. The van der Waals surface area contributed by atoms with Crippen molar-refractivity contribution in [2.45, 2.75) is 6.61 Å². The molecule has 0 unspecified atom stereocenters. The molecular formula is C22H15Cl2NO4. The molecule has 2 aromatic heterocycles. The van der Waals surface area contributed by atoms with E-state index in [1.165, 1.54) is 0 Å². The molecule has 1 amide bonds. The summed E-state index contributed by atoms with van der Waals surface area (Å²) in [5.74, 6) is 1.36. The van der Waals surface area contributed by atoms with Crippen LogP contribution in [-0.4, -0.2) is 11.0 Å². The van der Waals surface area contributed by atoms with E-state index in [9.17, 15) is 4.79 Å². The van der Waals surface area contributed by atoms with E-state index in [0.29, 0.717) is 33.0 Å². The van der Waals surface area contributed by atoms with Crippen molar-refractivity contribution < 1.29 is 18.7 Å². The van der Waals surface area contributed by atoms with E-state index < -0.39 is 0 Å². The lowest BCUT2D eigenvalue weighted by Crippen LogP contribution is -2.10. The van der Waals surface area contributed by atoms with Crippen molar-refractivity contribution in [3.05, 3.63) is 88.3 Å². The Hall–Kier alpha value is -2.99. The summed E-state index contributed by atoms with van der Waals surface area (Å²) in [6.45, 7) is -0.171. The van der Waals surface area contributed by atoms with Crippen molar-refractivity contribution in [1.29, 1.82) is 0 Å². The SMILES string of the molecule is O=C(Nc1cccc(-c2ccc(CO)o2)c1)c1ccc(-c2ccc(Cl)c(Cl)c2)o1.